The lowest BCUT2D eigenvalue weighted by Crippen LogP contribution is -2.21. The minimum atomic E-state index is -0.175. The van der Waals surface area contributed by atoms with Crippen LogP contribution in [0.15, 0.2) is 12.1 Å². The molecule has 0 spiro atoms. The van der Waals surface area contributed by atoms with Gasteiger partial charge in [-0.15, -0.1) is 11.3 Å². The maximum Gasteiger partial charge on any atom is 0.310 e. The normalized spacial score (nSPS) is 20.3. The van der Waals surface area contributed by atoms with E-state index in [-0.39, 0.29) is 5.97 Å². The molecule has 106 valence electrons. The molecule has 1 fully saturated rings. The second-order valence-electron chi connectivity index (χ2n) is 6.38. The third-order valence-corrected chi connectivity index (χ3v) is 5.85. The summed E-state index contributed by atoms with van der Waals surface area (Å²) in [5.41, 5.74) is 0.720. The predicted octanol–water partition coefficient (Wildman–Crippen LogP) is 2.99. The standard InChI is InChI=1S/C15H23NO2S/c1-14(2)13(15(14,3)4)16-9-11-7-6-10(19-11)8-12(17)18-5/h6-7,13,16H,8-9H2,1-5H3. The largest absolute Gasteiger partial charge is 0.469 e. The molecule has 1 saturated carbocycles. The lowest BCUT2D eigenvalue weighted by atomic mass is 10.0. The van der Waals surface area contributed by atoms with Gasteiger partial charge in [-0.2, -0.15) is 0 Å². The van der Waals surface area contributed by atoms with Crippen LogP contribution < -0.4 is 5.32 Å². The Labute approximate surface area is 119 Å². The number of carbonyl (C=O) groups is 1. The zero-order valence-corrected chi connectivity index (χ0v) is 13.2. The van der Waals surface area contributed by atoms with E-state index in [0.29, 0.717) is 23.3 Å². The van der Waals surface area contributed by atoms with Crippen molar-refractivity contribution >= 4 is 17.3 Å². The summed E-state index contributed by atoms with van der Waals surface area (Å²) in [6.45, 7) is 10.1. The molecule has 0 saturated heterocycles. The summed E-state index contributed by atoms with van der Waals surface area (Å²) in [6.07, 6.45) is 0.377. The number of esters is 1. The monoisotopic (exact) mass is 281 g/mol. The Morgan fingerprint density at radius 2 is 1.84 bits per heavy atom. The summed E-state index contributed by atoms with van der Waals surface area (Å²) in [6, 6.07) is 4.67. The third-order valence-electron chi connectivity index (χ3n) is 4.76. The lowest BCUT2D eigenvalue weighted by Gasteiger charge is -2.04. The van der Waals surface area contributed by atoms with Crippen LogP contribution in [0.3, 0.4) is 0 Å². The topological polar surface area (TPSA) is 38.3 Å². The number of rotatable bonds is 5. The smallest absolute Gasteiger partial charge is 0.310 e. The van der Waals surface area contributed by atoms with E-state index in [1.54, 1.807) is 11.3 Å². The van der Waals surface area contributed by atoms with Crippen LogP contribution in [0.1, 0.15) is 37.4 Å². The van der Waals surface area contributed by atoms with Gasteiger partial charge in [0, 0.05) is 22.3 Å². The Hall–Kier alpha value is -0.870. The molecule has 0 aliphatic heterocycles. The summed E-state index contributed by atoms with van der Waals surface area (Å²) in [4.78, 5) is 13.5. The van der Waals surface area contributed by atoms with Crippen LogP contribution in [0.4, 0.5) is 0 Å². The molecule has 4 heteroatoms. The van der Waals surface area contributed by atoms with Crippen molar-refractivity contribution in [3.63, 3.8) is 0 Å². The first-order chi connectivity index (χ1) is 8.79. The van der Waals surface area contributed by atoms with E-state index in [2.05, 4.69) is 43.8 Å². The quantitative estimate of drug-likeness (QED) is 0.843. The maximum absolute atomic E-state index is 11.2. The van der Waals surface area contributed by atoms with E-state index >= 15 is 0 Å². The Balaban J connectivity index is 1.87. The van der Waals surface area contributed by atoms with Gasteiger partial charge in [0.05, 0.1) is 13.5 Å². The first-order valence-corrected chi connectivity index (χ1v) is 7.48. The molecule has 1 heterocycles. The van der Waals surface area contributed by atoms with E-state index < -0.39 is 0 Å². The van der Waals surface area contributed by atoms with Crippen LogP contribution in [0, 0.1) is 10.8 Å². The highest BCUT2D eigenvalue weighted by molar-refractivity contribution is 7.12. The molecule has 0 radical (unpaired) electrons. The highest BCUT2D eigenvalue weighted by Gasteiger charge is 2.64. The van der Waals surface area contributed by atoms with Gasteiger partial charge in [0.25, 0.3) is 0 Å². The van der Waals surface area contributed by atoms with Crippen molar-refractivity contribution < 1.29 is 9.53 Å². The van der Waals surface area contributed by atoms with Gasteiger partial charge < -0.3 is 10.1 Å². The SMILES string of the molecule is COC(=O)Cc1ccc(CNC2C(C)(C)C2(C)C)s1. The molecule has 1 aromatic heterocycles. The van der Waals surface area contributed by atoms with Crippen LogP contribution >= 0.6 is 11.3 Å². The number of ether oxygens (including phenoxy) is 1. The molecule has 19 heavy (non-hydrogen) atoms. The average Bonchev–Trinajstić information content (AvgIpc) is 2.70. The van der Waals surface area contributed by atoms with Crippen LogP contribution in [0.25, 0.3) is 0 Å². The van der Waals surface area contributed by atoms with Crippen molar-refractivity contribution in [1.82, 2.24) is 5.32 Å². The number of hydrogen-bond donors (Lipinski definition) is 1. The van der Waals surface area contributed by atoms with E-state index in [4.69, 9.17) is 0 Å². The fourth-order valence-electron chi connectivity index (χ4n) is 2.74. The summed E-state index contributed by atoms with van der Waals surface area (Å²) < 4.78 is 4.68. The molecule has 0 unspecified atom stereocenters. The van der Waals surface area contributed by atoms with E-state index in [9.17, 15) is 4.79 Å². The molecular formula is C15H23NO2S. The van der Waals surface area contributed by atoms with Gasteiger partial charge in [-0.25, -0.2) is 0 Å². The molecular weight excluding hydrogens is 258 g/mol. The van der Waals surface area contributed by atoms with Gasteiger partial charge in [-0.3, -0.25) is 4.79 Å². The molecule has 1 aliphatic carbocycles. The van der Waals surface area contributed by atoms with Crippen molar-refractivity contribution in [3.8, 4) is 0 Å². The van der Waals surface area contributed by atoms with Crippen LogP contribution in [0.5, 0.6) is 0 Å². The molecule has 0 aromatic carbocycles. The number of methoxy groups -OCH3 is 1. The second kappa shape index (κ2) is 4.91. The van der Waals surface area contributed by atoms with Crippen molar-refractivity contribution in [3.05, 3.63) is 21.9 Å². The maximum atomic E-state index is 11.2. The molecule has 0 bridgehead atoms. The molecule has 2 rings (SSSR count). The summed E-state index contributed by atoms with van der Waals surface area (Å²) in [5, 5.41) is 3.63. The van der Waals surface area contributed by atoms with Gasteiger partial charge >= 0.3 is 5.97 Å². The van der Waals surface area contributed by atoms with E-state index in [1.807, 2.05) is 6.07 Å². The number of hydrogen-bond acceptors (Lipinski definition) is 4. The minimum absolute atomic E-state index is 0.175. The van der Waals surface area contributed by atoms with Gasteiger partial charge in [0.15, 0.2) is 0 Å². The minimum Gasteiger partial charge on any atom is -0.469 e. The zero-order valence-electron chi connectivity index (χ0n) is 12.4. The first kappa shape index (κ1) is 14.5. The Morgan fingerprint density at radius 1 is 1.26 bits per heavy atom. The molecule has 3 nitrogen and oxygen atoms in total. The number of thiophene rings is 1. The third kappa shape index (κ3) is 2.70. The van der Waals surface area contributed by atoms with Gasteiger partial charge in [0.2, 0.25) is 0 Å². The number of nitrogens with one attached hydrogen (secondary N) is 1. The summed E-state index contributed by atoms with van der Waals surface area (Å²) in [5.74, 6) is -0.175. The zero-order chi connectivity index (χ0) is 14.3. The molecule has 1 aromatic rings. The van der Waals surface area contributed by atoms with Crippen molar-refractivity contribution in [1.29, 1.82) is 0 Å². The Morgan fingerprint density at radius 3 is 2.37 bits per heavy atom. The summed E-state index contributed by atoms with van der Waals surface area (Å²) >= 11 is 1.68. The average molecular weight is 281 g/mol. The Kier molecular flexibility index (Phi) is 3.76. The van der Waals surface area contributed by atoms with Crippen molar-refractivity contribution in [2.75, 3.05) is 7.11 Å². The Bertz CT molecular complexity index is 462. The van der Waals surface area contributed by atoms with Gasteiger partial charge in [-0.05, 0) is 23.0 Å². The summed E-state index contributed by atoms with van der Waals surface area (Å²) in [7, 11) is 1.43. The van der Waals surface area contributed by atoms with Gasteiger partial charge in [-0.1, -0.05) is 27.7 Å². The van der Waals surface area contributed by atoms with E-state index in [0.717, 1.165) is 11.4 Å². The van der Waals surface area contributed by atoms with Crippen LogP contribution in [-0.4, -0.2) is 19.1 Å². The van der Waals surface area contributed by atoms with Crippen LogP contribution in [0.2, 0.25) is 0 Å². The highest BCUT2D eigenvalue weighted by atomic mass is 32.1. The van der Waals surface area contributed by atoms with E-state index in [1.165, 1.54) is 12.0 Å². The predicted molar refractivity (Wildman–Crippen MR) is 78.2 cm³/mol. The van der Waals surface area contributed by atoms with Crippen molar-refractivity contribution in [2.24, 2.45) is 10.8 Å². The van der Waals surface area contributed by atoms with Gasteiger partial charge in [0.1, 0.15) is 0 Å². The molecule has 1 N–H and O–H groups in total. The second-order valence-corrected chi connectivity index (χ2v) is 7.63. The molecule has 0 atom stereocenters. The number of carbonyl (C=O) groups excluding carboxylic acids is 1. The van der Waals surface area contributed by atoms with Crippen molar-refractivity contribution in [2.45, 2.75) is 46.7 Å². The fourth-order valence-corrected chi connectivity index (χ4v) is 3.69. The van der Waals surface area contributed by atoms with Crippen LogP contribution in [-0.2, 0) is 22.5 Å². The fraction of sp³-hybridized carbons (Fsp3) is 0.667. The molecule has 0 amide bonds. The lowest BCUT2D eigenvalue weighted by molar-refractivity contribution is -0.139. The first-order valence-electron chi connectivity index (χ1n) is 6.67. The molecule has 1 aliphatic rings. The highest BCUT2D eigenvalue weighted by Crippen LogP contribution is 2.62.